The summed E-state index contributed by atoms with van der Waals surface area (Å²) in [6.07, 6.45) is 3.65. The number of carbonyl (C=O) groups excluding carboxylic acids is 1. The second-order valence-corrected chi connectivity index (χ2v) is 5.34. The van der Waals surface area contributed by atoms with Gasteiger partial charge >= 0.3 is 5.97 Å². The van der Waals surface area contributed by atoms with Gasteiger partial charge < -0.3 is 9.47 Å². The summed E-state index contributed by atoms with van der Waals surface area (Å²) in [5, 5.41) is 0. The van der Waals surface area contributed by atoms with Crippen molar-refractivity contribution in [2.24, 2.45) is 11.8 Å². The fourth-order valence-corrected chi connectivity index (χ4v) is 2.79. The van der Waals surface area contributed by atoms with Crippen LogP contribution < -0.4 is 0 Å². The summed E-state index contributed by atoms with van der Waals surface area (Å²) >= 11 is 0. The van der Waals surface area contributed by atoms with Crippen molar-refractivity contribution < 1.29 is 14.3 Å². The first kappa shape index (κ1) is 12.8. The Morgan fingerprint density at radius 1 is 1.29 bits per heavy atom. The molecule has 0 aromatic heterocycles. The number of hydrogen-bond donors (Lipinski definition) is 0. The van der Waals surface area contributed by atoms with Crippen LogP contribution in [0.25, 0.3) is 0 Å². The first-order valence-corrected chi connectivity index (χ1v) is 6.52. The van der Waals surface area contributed by atoms with Gasteiger partial charge in [0.25, 0.3) is 0 Å². The summed E-state index contributed by atoms with van der Waals surface area (Å²) < 4.78 is 10.4. The predicted molar refractivity (Wildman–Crippen MR) is 64.7 cm³/mol. The van der Waals surface area contributed by atoms with E-state index in [1.165, 1.54) is 7.11 Å². The SMILES string of the molecule is COC(=O)C(C1CC1)N1CCC(C)C(OC)C1. The average Bonchev–Trinajstić information content (AvgIpc) is 3.15. The fourth-order valence-electron chi connectivity index (χ4n) is 2.79. The lowest BCUT2D eigenvalue weighted by molar-refractivity contribution is -0.150. The number of esters is 1. The molecule has 0 N–H and O–H groups in total. The number of nitrogens with zero attached hydrogens (tertiary/aromatic N) is 1. The summed E-state index contributed by atoms with van der Waals surface area (Å²) in [5.41, 5.74) is 0. The molecule has 17 heavy (non-hydrogen) atoms. The zero-order valence-corrected chi connectivity index (χ0v) is 11.0. The molecule has 4 nitrogen and oxygen atoms in total. The quantitative estimate of drug-likeness (QED) is 0.695. The van der Waals surface area contributed by atoms with Gasteiger partial charge in [0.05, 0.1) is 13.2 Å². The summed E-state index contributed by atoms with van der Waals surface area (Å²) in [6.45, 7) is 4.06. The Kier molecular flexibility index (Phi) is 4.05. The second-order valence-electron chi connectivity index (χ2n) is 5.34. The molecule has 3 unspecified atom stereocenters. The maximum absolute atomic E-state index is 11.9. The van der Waals surface area contributed by atoms with Gasteiger partial charge in [-0.15, -0.1) is 0 Å². The van der Waals surface area contributed by atoms with Gasteiger partial charge in [-0.3, -0.25) is 9.69 Å². The van der Waals surface area contributed by atoms with Crippen LogP contribution in [0.2, 0.25) is 0 Å². The Bertz CT molecular complexity index is 278. The van der Waals surface area contributed by atoms with E-state index in [9.17, 15) is 4.79 Å². The van der Waals surface area contributed by atoms with E-state index in [4.69, 9.17) is 9.47 Å². The topological polar surface area (TPSA) is 38.8 Å². The van der Waals surface area contributed by atoms with Gasteiger partial charge in [-0.05, 0) is 37.6 Å². The third-order valence-corrected chi connectivity index (χ3v) is 4.13. The van der Waals surface area contributed by atoms with Crippen molar-refractivity contribution in [3.8, 4) is 0 Å². The maximum Gasteiger partial charge on any atom is 0.323 e. The molecule has 1 saturated heterocycles. The number of carbonyl (C=O) groups is 1. The molecule has 4 heteroatoms. The lowest BCUT2D eigenvalue weighted by atomic mass is 9.94. The molecule has 0 bridgehead atoms. The number of ether oxygens (including phenoxy) is 2. The van der Waals surface area contributed by atoms with E-state index in [1.807, 2.05) is 0 Å². The minimum Gasteiger partial charge on any atom is -0.468 e. The fraction of sp³-hybridized carbons (Fsp3) is 0.923. The van der Waals surface area contributed by atoms with Crippen LogP contribution in [0.4, 0.5) is 0 Å². The summed E-state index contributed by atoms with van der Waals surface area (Å²) in [5.74, 6) is 1.01. The maximum atomic E-state index is 11.9. The molecule has 1 saturated carbocycles. The van der Waals surface area contributed by atoms with E-state index in [-0.39, 0.29) is 18.1 Å². The predicted octanol–water partition coefficient (Wildman–Crippen LogP) is 1.29. The van der Waals surface area contributed by atoms with Crippen LogP contribution in [0, 0.1) is 11.8 Å². The number of likely N-dealkylation sites (tertiary alicyclic amines) is 1. The van der Waals surface area contributed by atoms with Crippen LogP contribution in [0.1, 0.15) is 26.2 Å². The van der Waals surface area contributed by atoms with Crippen LogP contribution in [0.3, 0.4) is 0 Å². The van der Waals surface area contributed by atoms with Crippen molar-refractivity contribution in [3.05, 3.63) is 0 Å². The molecule has 1 heterocycles. The summed E-state index contributed by atoms with van der Waals surface area (Å²) in [4.78, 5) is 14.1. The molecule has 0 spiro atoms. The molecule has 0 amide bonds. The molecular weight excluding hydrogens is 218 g/mol. The van der Waals surface area contributed by atoms with Crippen LogP contribution in [0.5, 0.6) is 0 Å². The molecule has 1 aliphatic carbocycles. The van der Waals surface area contributed by atoms with E-state index in [1.54, 1.807) is 7.11 Å². The van der Waals surface area contributed by atoms with Gasteiger partial charge in [-0.2, -0.15) is 0 Å². The van der Waals surface area contributed by atoms with Crippen molar-refractivity contribution in [3.63, 3.8) is 0 Å². The first-order valence-electron chi connectivity index (χ1n) is 6.52. The highest BCUT2D eigenvalue weighted by Gasteiger charge is 2.43. The molecule has 2 fully saturated rings. The third-order valence-electron chi connectivity index (χ3n) is 4.13. The molecule has 0 radical (unpaired) electrons. The smallest absolute Gasteiger partial charge is 0.323 e. The Labute approximate surface area is 103 Å². The van der Waals surface area contributed by atoms with Gasteiger partial charge in [-0.1, -0.05) is 6.92 Å². The van der Waals surface area contributed by atoms with E-state index < -0.39 is 0 Å². The van der Waals surface area contributed by atoms with Crippen LogP contribution in [-0.2, 0) is 14.3 Å². The van der Waals surface area contributed by atoms with Crippen LogP contribution >= 0.6 is 0 Å². The molecule has 2 rings (SSSR count). The standard InChI is InChI=1S/C13H23NO3/c1-9-6-7-14(8-11(9)16-2)12(10-4-5-10)13(15)17-3/h9-12H,4-8H2,1-3H3. The van der Waals surface area contributed by atoms with Crippen molar-refractivity contribution >= 4 is 5.97 Å². The van der Waals surface area contributed by atoms with E-state index in [2.05, 4.69) is 11.8 Å². The average molecular weight is 241 g/mol. The van der Waals surface area contributed by atoms with Crippen LogP contribution in [-0.4, -0.2) is 50.3 Å². The molecule has 98 valence electrons. The molecule has 2 aliphatic rings. The lowest BCUT2D eigenvalue weighted by Gasteiger charge is -2.39. The zero-order valence-electron chi connectivity index (χ0n) is 11.0. The normalized spacial score (nSPS) is 32.2. The molecule has 3 atom stereocenters. The van der Waals surface area contributed by atoms with Crippen molar-refractivity contribution in [2.45, 2.75) is 38.3 Å². The van der Waals surface area contributed by atoms with E-state index in [0.717, 1.165) is 32.4 Å². The van der Waals surface area contributed by atoms with Gasteiger partial charge in [0.1, 0.15) is 6.04 Å². The Morgan fingerprint density at radius 3 is 2.53 bits per heavy atom. The highest BCUT2D eigenvalue weighted by Crippen LogP contribution is 2.37. The Balaban J connectivity index is 2.01. The largest absolute Gasteiger partial charge is 0.468 e. The first-order chi connectivity index (χ1) is 8.17. The minimum atomic E-state index is -0.0723. The molecule has 0 aromatic rings. The van der Waals surface area contributed by atoms with Gasteiger partial charge in [-0.25, -0.2) is 0 Å². The Morgan fingerprint density at radius 2 is 2.00 bits per heavy atom. The van der Waals surface area contributed by atoms with Crippen molar-refractivity contribution in [2.75, 3.05) is 27.3 Å². The van der Waals surface area contributed by atoms with Crippen molar-refractivity contribution in [1.29, 1.82) is 0 Å². The molecular formula is C13H23NO3. The number of hydrogen-bond acceptors (Lipinski definition) is 4. The van der Waals surface area contributed by atoms with Crippen molar-refractivity contribution in [1.82, 2.24) is 4.90 Å². The third kappa shape index (κ3) is 2.80. The summed E-state index contributed by atoms with van der Waals surface area (Å²) in [7, 11) is 3.24. The van der Waals surface area contributed by atoms with E-state index >= 15 is 0 Å². The van der Waals surface area contributed by atoms with Gasteiger partial charge in [0.2, 0.25) is 0 Å². The molecule has 0 aromatic carbocycles. The number of rotatable bonds is 4. The summed E-state index contributed by atoms with van der Waals surface area (Å²) in [6, 6.07) is -0.0369. The highest BCUT2D eigenvalue weighted by atomic mass is 16.5. The Hall–Kier alpha value is -0.610. The lowest BCUT2D eigenvalue weighted by Crippen LogP contribution is -2.52. The second kappa shape index (κ2) is 5.36. The zero-order chi connectivity index (χ0) is 12.4. The molecule has 1 aliphatic heterocycles. The number of piperidine rings is 1. The minimum absolute atomic E-state index is 0.0369. The van der Waals surface area contributed by atoms with Gasteiger partial charge in [0.15, 0.2) is 0 Å². The number of methoxy groups -OCH3 is 2. The van der Waals surface area contributed by atoms with Crippen LogP contribution in [0.15, 0.2) is 0 Å². The van der Waals surface area contributed by atoms with E-state index in [0.29, 0.717) is 11.8 Å². The highest BCUT2D eigenvalue weighted by molar-refractivity contribution is 5.76. The van der Waals surface area contributed by atoms with Gasteiger partial charge in [0, 0.05) is 13.7 Å². The monoisotopic (exact) mass is 241 g/mol.